The van der Waals surface area contributed by atoms with Crippen molar-refractivity contribution in [1.82, 2.24) is 0 Å². The Morgan fingerprint density at radius 1 is 1.69 bits per heavy atom. The molecule has 0 spiro atoms. The third-order valence-corrected chi connectivity index (χ3v) is 3.86. The van der Waals surface area contributed by atoms with Gasteiger partial charge in [-0.25, -0.2) is 0 Å². The molecular formula is C9H14ClO2P. The molecule has 74 valence electrons. The van der Waals surface area contributed by atoms with Crippen molar-refractivity contribution >= 4 is 18.8 Å². The molecule has 13 heavy (non-hydrogen) atoms. The van der Waals surface area contributed by atoms with Crippen LogP contribution >= 0.6 is 7.55 Å². The van der Waals surface area contributed by atoms with Gasteiger partial charge in [0.25, 0.3) is 0 Å². The van der Waals surface area contributed by atoms with Crippen LogP contribution in [0.25, 0.3) is 0 Å². The second kappa shape index (κ2) is 6.17. The summed E-state index contributed by atoms with van der Waals surface area (Å²) in [5.41, 5.74) is 0. The predicted molar refractivity (Wildman–Crippen MR) is 53.1 cm³/mol. The van der Waals surface area contributed by atoms with Crippen LogP contribution in [0.3, 0.4) is 0 Å². The van der Waals surface area contributed by atoms with Crippen molar-refractivity contribution < 1.29 is 21.9 Å². The first kappa shape index (κ1) is 12.7. The Morgan fingerprint density at radius 3 is 2.85 bits per heavy atom. The summed E-state index contributed by atoms with van der Waals surface area (Å²) in [7, 11) is -0.0670. The van der Waals surface area contributed by atoms with Crippen molar-refractivity contribution in [2.24, 2.45) is 0 Å². The Bertz CT molecular complexity index is 246. The van der Waals surface area contributed by atoms with Gasteiger partial charge >= 0.3 is 5.97 Å². The van der Waals surface area contributed by atoms with Gasteiger partial charge in [-0.3, -0.25) is 4.79 Å². The second-order valence-corrected chi connectivity index (χ2v) is 5.09. The van der Waals surface area contributed by atoms with Crippen molar-refractivity contribution in [2.45, 2.75) is 13.3 Å². The van der Waals surface area contributed by atoms with E-state index in [0.29, 0.717) is 13.0 Å². The van der Waals surface area contributed by atoms with Crippen LogP contribution in [0, 0.1) is 0 Å². The first-order valence-corrected chi connectivity index (χ1v) is 6.10. The highest BCUT2D eigenvalue weighted by molar-refractivity contribution is 7.59. The molecule has 0 N–H and O–H groups in total. The molecular weight excluding hydrogens is 207 g/mol. The van der Waals surface area contributed by atoms with Crippen LogP contribution in [0.5, 0.6) is 0 Å². The van der Waals surface area contributed by atoms with E-state index in [1.165, 1.54) is 5.29 Å². The van der Waals surface area contributed by atoms with Gasteiger partial charge in [-0.2, -0.15) is 0 Å². The molecule has 0 aromatic carbocycles. The third-order valence-electron chi connectivity index (χ3n) is 1.81. The van der Waals surface area contributed by atoms with Crippen LogP contribution in [0.4, 0.5) is 0 Å². The Balaban J connectivity index is 0.00000144. The molecule has 0 fully saturated rings. The minimum Gasteiger partial charge on any atom is -1.00 e. The number of carbonyl (C=O) groups excluding carboxylic acids is 1. The van der Waals surface area contributed by atoms with E-state index in [9.17, 15) is 4.79 Å². The van der Waals surface area contributed by atoms with E-state index >= 15 is 0 Å². The van der Waals surface area contributed by atoms with Gasteiger partial charge in [0.1, 0.15) is 17.9 Å². The lowest BCUT2D eigenvalue weighted by molar-refractivity contribution is -0.141. The molecule has 0 amide bonds. The van der Waals surface area contributed by atoms with Crippen LogP contribution in [0.1, 0.15) is 13.3 Å². The van der Waals surface area contributed by atoms with E-state index in [4.69, 9.17) is 4.74 Å². The summed E-state index contributed by atoms with van der Waals surface area (Å²) in [6.07, 6.45) is 5.83. The summed E-state index contributed by atoms with van der Waals surface area (Å²) < 4.78 is 4.87. The SMILES string of the molecule is CCOC(=O)CC1=[P+](C)CC=C1.[Cl-]. The molecule has 1 atom stereocenters. The fourth-order valence-electron chi connectivity index (χ4n) is 1.15. The first-order chi connectivity index (χ1) is 5.74. The number of hydrogen-bond acceptors (Lipinski definition) is 2. The van der Waals surface area contributed by atoms with Gasteiger partial charge < -0.3 is 17.1 Å². The van der Waals surface area contributed by atoms with Gasteiger partial charge in [-0.15, -0.1) is 0 Å². The summed E-state index contributed by atoms with van der Waals surface area (Å²) in [6.45, 7) is 4.52. The first-order valence-electron chi connectivity index (χ1n) is 4.13. The Hall–Kier alpha value is -0.330. The summed E-state index contributed by atoms with van der Waals surface area (Å²) in [6, 6.07) is 0. The topological polar surface area (TPSA) is 26.3 Å². The standard InChI is InChI=1S/C9H14O2P.ClH/c1-3-11-9(10)7-8-5-4-6-12(8)2;/h4-5H,3,6-7H2,1-2H3;1H/q+1;/p-1. The number of halogens is 1. The van der Waals surface area contributed by atoms with Crippen LogP contribution in [0.2, 0.25) is 0 Å². The zero-order valence-corrected chi connectivity index (χ0v) is 9.57. The molecule has 0 saturated heterocycles. The van der Waals surface area contributed by atoms with E-state index < -0.39 is 0 Å². The minimum atomic E-state index is -0.0894. The quantitative estimate of drug-likeness (QED) is 0.441. The van der Waals surface area contributed by atoms with Gasteiger partial charge in [0.15, 0.2) is 0 Å². The predicted octanol–water partition coefficient (Wildman–Crippen LogP) is -1.20. The number of allylic oxidation sites excluding steroid dienone is 2. The summed E-state index contributed by atoms with van der Waals surface area (Å²) in [4.78, 5) is 11.1. The van der Waals surface area contributed by atoms with Crippen molar-refractivity contribution in [2.75, 3.05) is 19.4 Å². The smallest absolute Gasteiger partial charge is 0.314 e. The summed E-state index contributed by atoms with van der Waals surface area (Å²) >= 11 is 0. The third kappa shape index (κ3) is 3.93. The van der Waals surface area contributed by atoms with Crippen molar-refractivity contribution in [1.29, 1.82) is 0 Å². The minimum absolute atomic E-state index is 0. The molecule has 0 saturated carbocycles. The van der Waals surface area contributed by atoms with Crippen LogP contribution in [0.15, 0.2) is 12.2 Å². The molecule has 2 nitrogen and oxygen atoms in total. The van der Waals surface area contributed by atoms with Crippen molar-refractivity contribution in [3.05, 3.63) is 12.2 Å². The van der Waals surface area contributed by atoms with E-state index in [2.05, 4.69) is 18.8 Å². The average molecular weight is 221 g/mol. The fraction of sp³-hybridized carbons (Fsp3) is 0.556. The molecule has 0 bridgehead atoms. The lowest BCUT2D eigenvalue weighted by Crippen LogP contribution is -3.00. The molecule has 1 heterocycles. The molecule has 4 heteroatoms. The Labute approximate surface area is 86.1 Å². The monoisotopic (exact) mass is 220 g/mol. The molecule has 0 radical (unpaired) electrons. The second-order valence-electron chi connectivity index (χ2n) is 2.76. The maximum Gasteiger partial charge on any atom is 0.314 e. The lowest BCUT2D eigenvalue weighted by atomic mass is 10.3. The zero-order valence-electron chi connectivity index (χ0n) is 7.92. The Morgan fingerprint density at radius 2 is 2.38 bits per heavy atom. The van der Waals surface area contributed by atoms with Gasteiger partial charge in [0.05, 0.1) is 20.8 Å². The van der Waals surface area contributed by atoms with Crippen LogP contribution in [-0.2, 0) is 9.53 Å². The molecule has 1 aliphatic rings. The highest BCUT2D eigenvalue weighted by Crippen LogP contribution is 2.27. The van der Waals surface area contributed by atoms with Crippen molar-refractivity contribution in [3.8, 4) is 0 Å². The van der Waals surface area contributed by atoms with E-state index in [1.807, 2.05) is 6.92 Å². The summed E-state index contributed by atoms with van der Waals surface area (Å²) in [5.74, 6) is -0.0894. The maximum atomic E-state index is 11.1. The van der Waals surface area contributed by atoms with Gasteiger partial charge in [0, 0.05) is 0 Å². The number of hydrogen-bond donors (Lipinski definition) is 0. The molecule has 1 aliphatic heterocycles. The highest BCUT2D eigenvalue weighted by Gasteiger charge is 2.18. The average Bonchev–Trinajstić information content (AvgIpc) is 2.37. The maximum absolute atomic E-state index is 11.1. The van der Waals surface area contributed by atoms with E-state index in [-0.39, 0.29) is 25.9 Å². The Kier molecular flexibility index (Phi) is 6.02. The van der Waals surface area contributed by atoms with Gasteiger partial charge in [0.2, 0.25) is 0 Å². The molecule has 1 unspecified atom stereocenters. The van der Waals surface area contributed by atoms with E-state index in [0.717, 1.165) is 6.16 Å². The van der Waals surface area contributed by atoms with Crippen LogP contribution in [-0.4, -0.2) is 30.7 Å². The highest BCUT2D eigenvalue weighted by atomic mass is 35.5. The van der Waals surface area contributed by atoms with Gasteiger partial charge in [-0.05, 0) is 19.1 Å². The van der Waals surface area contributed by atoms with Crippen LogP contribution < -0.4 is 12.4 Å². The number of esters is 1. The largest absolute Gasteiger partial charge is 1.00 e. The molecule has 1 rings (SSSR count). The zero-order chi connectivity index (χ0) is 8.97. The molecule has 0 aromatic heterocycles. The fourth-order valence-corrected chi connectivity index (χ4v) is 2.56. The molecule has 0 aliphatic carbocycles. The number of ether oxygens (including phenoxy) is 1. The number of rotatable bonds is 3. The van der Waals surface area contributed by atoms with Gasteiger partial charge in [-0.1, -0.05) is 0 Å². The van der Waals surface area contributed by atoms with E-state index in [1.54, 1.807) is 0 Å². The lowest BCUT2D eigenvalue weighted by Gasteiger charge is -1.97. The summed E-state index contributed by atoms with van der Waals surface area (Å²) in [5, 5.41) is 1.27. The molecule has 0 aromatic rings. The normalized spacial score (nSPS) is 17.1. The number of carbonyl (C=O) groups is 1. The van der Waals surface area contributed by atoms with Crippen molar-refractivity contribution in [3.63, 3.8) is 0 Å².